The zero-order valence-electron chi connectivity index (χ0n) is 6.17. The van der Waals surface area contributed by atoms with Crippen LogP contribution in [0.1, 0.15) is 5.56 Å². The van der Waals surface area contributed by atoms with Gasteiger partial charge in [0.25, 0.3) is 0 Å². The van der Waals surface area contributed by atoms with Gasteiger partial charge in [0.05, 0.1) is 6.54 Å². The fraction of sp³-hybridized carbons (Fsp3) is 0.222. The first-order chi connectivity index (χ1) is 4.93. The molecule has 1 rings (SSSR count). The molecule has 0 heterocycles. The van der Waals surface area contributed by atoms with Gasteiger partial charge in [-0.3, -0.25) is 0 Å². The van der Waals surface area contributed by atoms with E-state index < -0.39 is 0 Å². The normalized spacial score (nSPS) is 9.30. The molecule has 52 valence electrons. The van der Waals surface area contributed by atoms with Gasteiger partial charge < -0.3 is 5.32 Å². The molecular weight excluding hydrogens is 122 g/mol. The molecule has 0 aliphatic heterocycles. The minimum Gasteiger partial charge on any atom is -0.305 e. The minimum atomic E-state index is 0.935. The van der Waals surface area contributed by atoms with E-state index in [2.05, 4.69) is 23.9 Å². The van der Waals surface area contributed by atoms with Crippen molar-refractivity contribution < 1.29 is 0 Å². The molecule has 0 bridgehead atoms. The van der Waals surface area contributed by atoms with Gasteiger partial charge >= 0.3 is 0 Å². The molecule has 0 saturated carbocycles. The topological polar surface area (TPSA) is 12.0 Å². The van der Waals surface area contributed by atoms with Crippen molar-refractivity contribution in [1.82, 2.24) is 5.32 Å². The Morgan fingerprint density at radius 2 is 2.00 bits per heavy atom. The molecule has 1 nitrogen and oxygen atoms in total. The predicted octanol–water partition coefficient (Wildman–Crippen LogP) is 1.46. The molecule has 1 heteroatoms. The maximum absolute atomic E-state index is 3.06. The Balaban J connectivity index is 2.43. The van der Waals surface area contributed by atoms with Crippen molar-refractivity contribution in [2.45, 2.75) is 0 Å². The van der Waals surface area contributed by atoms with E-state index in [1.807, 2.05) is 25.2 Å². The molecule has 1 aromatic rings. The maximum Gasteiger partial charge on any atom is 0.131 e. The first-order valence-electron chi connectivity index (χ1n) is 3.46. The lowest BCUT2D eigenvalue weighted by molar-refractivity contribution is 0.886. The van der Waals surface area contributed by atoms with Gasteiger partial charge in [-0.15, -0.1) is 0 Å². The Morgan fingerprint density at radius 1 is 1.30 bits per heavy atom. The van der Waals surface area contributed by atoms with E-state index in [1.54, 1.807) is 0 Å². The lowest BCUT2D eigenvalue weighted by Crippen LogP contribution is -2.08. The lowest BCUT2D eigenvalue weighted by Gasteiger charge is -1.90. The van der Waals surface area contributed by atoms with Crippen LogP contribution in [0.4, 0.5) is 0 Å². The summed E-state index contributed by atoms with van der Waals surface area (Å²) in [6.45, 7) is 0.935. The van der Waals surface area contributed by atoms with Gasteiger partial charge in [0.15, 0.2) is 0 Å². The van der Waals surface area contributed by atoms with E-state index in [-0.39, 0.29) is 0 Å². The van der Waals surface area contributed by atoms with Gasteiger partial charge in [0.2, 0.25) is 0 Å². The fourth-order valence-corrected chi connectivity index (χ4v) is 0.809. The molecule has 0 aliphatic carbocycles. The molecule has 0 amide bonds. The maximum atomic E-state index is 3.06. The molecule has 1 aromatic carbocycles. The Hall–Kier alpha value is -0.950. The summed E-state index contributed by atoms with van der Waals surface area (Å²) < 4.78 is 0. The SMILES string of the molecule is CNC[CH+]c1ccccc1. The van der Waals surface area contributed by atoms with Crippen LogP contribution in [0.2, 0.25) is 0 Å². The number of likely N-dealkylation sites (N-methyl/N-ethyl adjacent to an activating group) is 1. The van der Waals surface area contributed by atoms with Gasteiger partial charge in [0.1, 0.15) is 5.56 Å². The van der Waals surface area contributed by atoms with Crippen LogP contribution < -0.4 is 5.32 Å². The van der Waals surface area contributed by atoms with Gasteiger partial charge in [-0.05, 0) is 25.2 Å². The summed E-state index contributed by atoms with van der Waals surface area (Å²) in [5.41, 5.74) is 1.27. The van der Waals surface area contributed by atoms with Crippen LogP contribution in [0.5, 0.6) is 0 Å². The van der Waals surface area contributed by atoms with E-state index in [0.29, 0.717) is 0 Å². The highest BCUT2D eigenvalue weighted by atomic mass is 14.8. The molecule has 0 radical (unpaired) electrons. The third-order valence-electron chi connectivity index (χ3n) is 1.34. The van der Waals surface area contributed by atoms with Crippen molar-refractivity contribution in [3.63, 3.8) is 0 Å². The van der Waals surface area contributed by atoms with Crippen LogP contribution in [0, 0.1) is 6.42 Å². The third kappa shape index (κ3) is 2.11. The van der Waals surface area contributed by atoms with Crippen molar-refractivity contribution in [3.05, 3.63) is 42.3 Å². The second-order valence-electron chi connectivity index (χ2n) is 2.17. The van der Waals surface area contributed by atoms with Crippen molar-refractivity contribution >= 4 is 0 Å². The summed E-state index contributed by atoms with van der Waals surface area (Å²) in [7, 11) is 1.94. The standard InChI is InChI=1S/C9H12N/c1-10-8-7-9-5-3-2-4-6-9/h2-7,10H,8H2,1H3/q+1. The summed E-state index contributed by atoms with van der Waals surface area (Å²) in [5.74, 6) is 0. The summed E-state index contributed by atoms with van der Waals surface area (Å²) in [4.78, 5) is 0. The average molecular weight is 134 g/mol. The van der Waals surface area contributed by atoms with Gasteiger partial charge in [-0.2, -0.15) is 0 Å². The Morgan fingerprint density at radius 3 is 2.60 bits per heavy atom. The monoisotopic (exact) mass is 134 g/mol. The van der Waals surface area contributed by atoms with Crippen LogP contribution in [-0.4, -0.2) is 13.6 Å². The Bertz CT molecular complexity index is 169. The largest absolute Gasteiger partial charge is 0.305 e. The van der Waals surface area contributed by atoms with Crippen LogP contribution in [-0.2, 0) is 0 Å². The van der Waals surface area contributed by atoms with Crippen molar-refractivity contribution in [2.75, 3.05) is 13.6 Å². The van der Waals surface area contributed by atoms with Crippen LogP contribution in [0.25, 0.3) is 0 Å². The Labute approximate surface area is 62.1 Å². The minimum absolute atomic E-state index is 0.935. The third-order valence-corrected chi connectivity index (χ3v) is 1.34. The zero-order valence-corrected chi connectivity index (χ0v) is 6.17. The second-order valence-corrected chi connectivity index (χ2v) is 2.17. The number of rotatable bonds is 3. The predicted molar refractivity (Wildman–Crippen MR) is 43.8 cm³/mol. The lowest BCUT2D eigenvalue weighted by atomic mass is 10.2. The van der Waals surface area contributed by atoms with E-state index in [4.69, 9.17) is 0 Å². The fourth-order valence-electron chi connectivity index (χ4n) is 0.809. The van der Waals surface area contributed by atoms with Crippen LogP contribution >= 0.6 is 0 Å². The zero-order chi connectivity index (χ0) is 7.23. The quantitative estimate of drug-likeness (QED) is 0.617. The van der Waals surface area contributed by atoms with E-state index in [9.17, 15) is 0 Å². The van der Waals surface area contributed by atoms with Crippen molar-refractivity contribution in [3.8, 4) is 0 Å². The number of hydrogen-bond donors (Lipinski definition) is 1. The van der Waals surface area contributed by atoms with Crippen molar-refractivity contribution in [1.29, 1.82) is 0 Å². The molecule has 0 saturated heterocycles. The number of hydrogen-bond acceptors (Lipinski definition) is 1. The second kappa shape index (κ2) is 3.96. The summed E-state index contributed by atoms with van der Waals surface area (Å²) in [5, 5.41) is 3.06. The van der Waals surface area contributed by atoms with Crippen LogP contribution in [0.15, 0.2) is 30.3 Å². The molecule has 0 atom stereocenters. The molecule has 0 fully saturated rings. The molecule has 0 aliphatic rings. The van der Waals surface area contributed by atoms with E-state index >= 15 is 0 Å². The number of nitrogens with one attached hydrogen (secondary N) is 1. The molecule has 0 aromatic heterocycles. The molecular formula is C9H12N+. The molecule has 10 heavy (non-hydrogen) atoms. The van der Waals surface area contributed by atoms with Gasteiger partial charge in [0, 0.05) is 18.6 Å². The molecule has 1 N–H and O–H groups in total. The average Bonchev–Trinajstić information content (AvgIpc) is 2.03. The highest BCUT2D eigenvalue weighted by molar-refractivity contribution is 5.22. The Kier molecular flexibility index (Phi) is 2.84. The van der Waals surface area contributed by atoms with E-state index in [0.717, 1.165) is 6.54 Å². The number of benzene rings is 1. The van der Waals surface area contributed by atoms with Gasteiger partial charge in [-0.1, -0.05) is 0 Å². The smallest absolute Gasteiger partial charge is 0.131 e. The van der Waals surface area contributed by atoms with Crippen LogP contribution in [0.3, 0.4) is 0 Å². The summed E-state index contributed by atoms with van der Waals surface area (Å²) >= 11 is 0. The van der Waals surface area contributed by atoms with Crippen molar-refractivity contribution in [2.24, 2.45) is 0 Å². The van der Waals surface area contributed by atoms with E-state index in [1.165, 1.54) is 5.56 Å². The first kappa shape index (κ1) is 7.16. The first-order valence-corrected chi connectivity index (χ1v) is 3.46. The highest BCUT2D eigenvalue weighted by Crippen LogP contribution is 1.99. The molecule has 0 unspecified atom stereocenters. The highest BCUT2D eigenvalue weighted by Gasteiger charge is 1.96. The molecule has 0 spiro atoms. The summed E-state index contributed by atoms with van der Waals surface area (Å²) in [6, 6.07) is 10.3. The van der Waals surface area contributed by atoms with Gasteiger partial charge in [-0.25, -0.2) is 0 Å². The summed E-state index contributed by atoms with van der Waals surface area (Å²) in [6.07, 6.45) is 2.15.